The SMILES string of the molecule is CC(CN)NC(C)C(C)C. The van der Waals surface area contributed by atoms with Gasteiger partial charge in [0.25, 0.3) is 0 Å². The first kappa shape index (κ1) is 9.92. The summed E-state index contributed by atoms with van der Waals surface area (Å²) < 4.78 is 0. The first-order chi connectivity index (χ1) is 4.57. The van der Waals surface area contributed by atoms with Crippen molar-refractivity contribution in [3.8, 4) is 0 Å². The van der Waals surface area contributed by atoms with Crippen molar-refractivity contribution in [2.24, 2.45) is 11.7 Å². The predicted molar refractivity (Wildman–Crippen MR) is 46.0 cm³/mol. The standard InChI is InChI=1S/C8H20N2/c1-6(2)8(4)10-7(3)5-9/h6-8,10H,5,9H2,1-4H3. The highest BCUT2D eigenvalue weighted by Gasteiger charge is 2.08. The van der Waals surface area contributed by atoms with E-state index in [0.717, 1.165) is 6.54 Å². The Hall–Kier alpha value is -0.0800. The Morgan fingerprint density at radius 2 is 1.70 bits per heavy atom. The predicted octanol–water partition coefficient (Wildman–Crippen LogP) is 0.968. The van der Waals surface area contributed by atoms with Gasteiger partial charge in [-0.15, -0.1) is 0 Å². The van der Waals surface area contributed by atoms with Gasteiger partial charge in [0.1, 0.15) is 0 Å². The first-order valence-electron chi connectivity index (χ1n) is 4.04. The fourth-order valence-electron chi connectivity index (χ4n) is 0.709. The van der Waals surface area contributed by atoms with E-state index in [-0.39, 0.29) is 0 Å². The molecule has 0 saturated carbocycles. The van der Waals surface area contributed by atoms with Crippen molar-refractivity contribution >= 4 is 0 Å². The van der Waals surface area contributed by atoms with E-state index in [2.05, 4.69) is 33.0 Å². The molecule has 0 aliphatic heterocycles. The molecule has 2 atom stereocenters. The minimum atomic E-state index is 0.442. The summed E-state index contributed by atoms with van der Waals surface area (Å²) in [5, 5.41) is 3.40. The lowest BCUT2D eigenvalue weighted by Crippen LogP contribution is -2.41. The van der Waals surface area contributed by atoms with E-state index < -0.39 is 0 Å². The van der Waals surface area contributed by atoms with Crippen molar-refractivity contribution in [2.75, 3.05) is 6.54 Å². The van der Waals surface area contributed by atoms with Crippen LogP contribution in [0.1, 0.15) is 27.7 Å². The minimum absolute atomic E-state index is 0.442. The van der Waals surface area contributed by atoms with Gasteiger partial charge >= 0.3 is 0 Å². The second kappa shape index (κ2) is 4.69. The van der Waals surface area contributed by atoms with Gasteiger partial charge < -0.3 is 11.1 Å². The molecule has 0 aromatic rings. The molecule has 0 amide bonds. The van der Waals surface area contributed by atoms with Gasteiger partial charge in [0, 0.05) is 18.6 Å². The van der Waals surface area contributed by atoms with Crippen LogP contribution in [0, 0.1) is 5.92 Å². The second-order valence-corrected chi connectivity index (χ2v) is 3.34. The maximum absolute atomic E-state index is 5.46. The molecular weight excluding hydrogens is 124 g/mol. The van der Waals surface area contributed by atoms with Crippen LogP contribution < -0.4 is 11.1 Å². The fraction of sp³-hybridized carbons (Fsp3) is 1.00. The lowest BCUT2D eigenvalue weighted by atomic mass is 10.1. The van der Waals surface area contributed by atoms with Gasteiger partial charge in [0.05, 0.1) is 0 Å². The highest BCUT2D eigenvalue weighted by molar-refractivity contribution is 4.69. The van der Waals surface area contributed by atoms with Crippen LogP contribution in [0.3, 0.4) is 0 Å². The summed E-state index contributed by atoms with van der Waals surface area (Å²) in [6.07, 6.45) is 0. The molecule has 0 heterocycles. The van der Waals surface area contributed by atoms with Crippen molar-refractivity contribution in [2.45, 2.75) is 39.8 Å². The minimum Gasteiger partial charge on any atom is -0.329 e. The van der Waals surface area contributed by atoms with Gasteiger partial charge in [-0.1, -0.05) is 13.8 Å². The molecule has 0 spiro atoms. The molecule has 2 unspecified atom stereocenters. The average molecular weight is 144 g/mol. The molecule has 0 saturated heterocycles. The number of nitrogens with two attached hydrogens (primary N) is 1. The Morgan fingerprint density at radius 1 is 1.20 bits per heavy atom. The summed E-state index contributed by atoms with van der Waals surface area (Å²) in [5.74, 6) is 0.689. The monoisotopic (exact) mass is 144 g/mol. The molecule has 0 aromatic carbocycles. The van der Waals surface area contributed by atoms with Gasteiger partial charge in [-0.2, -0.15) is 0 Å². The van der Waals surface area contributed by atoms with Crippen LogP contribution in [-0.4, -0.2) is 18.6 Å². The van der Waals surface area contributed by atoms with Crippen LogP contribution in [0.5, 0.6) is 0 Å². The van der Waals surface area contributed by atoms with Crippen molar-refractivity contribution < 1.29 is 0 Å². The number of hydrogen-bond acceptors (Lipinski definition) is 2. The van der Waals surface area contributed by atoms with Crippen LogP contribution in [-0.2, 0) is 0 Å². The van der Waals surface area contributed by atoms with E-state index in [1.807, 2.05) is 0 Å². The molecule has 0 aliphatic rings. The van der Waals surface area contributed by atoms with Gasteiger partial charge in [-0.05, 0) is 19.8 Å². The zero-order valence-corrected chi connectivity index (χ0v) is 7.52. The third-order valence-corrected chi connectivity index (χ3v) is 1.90. The molecule has 3 N–H and O–H groups in total. The van der Waals surface area contributed by atoms with Gasteiger partial charge in [0.2, 0.25) is 0 Å². The highest BCUT2D eigenvalue weighted by Crippen LogP contribution is 2.00. The Bertz CT molecular complexity index is 81.3. The highest BCUT2D eigenvalue weighted by atomic mass is 15.0. The summed E-state index contributed by atoms with van der Waals surface area (Å²) in [5.41, 5.74) is 5.46. The topological polar surface area (TPSA) is 38.0 Å². The van der Waals surface area contributed by atoms with Crippen LogP contribution in [0.25, 0.3) is 0 Å². The van der Waals surface area contributed by atoms with Crippen molar-refractivity contribution in [3.63, 3.8) is 0 Å². The second-order valence-electron chi connectivity index (χ2n) is 3.34. The summed E-state index contributed by atoms with van der Waals surface area (Å²) in [4.78, 5) is 0. The third kappa shape index (κ3) is 3.85. The van der Waals surface area contributed by atoms with E-state index >= 15 is 0 Å². The Balaban J connectivity index is 3.46. The van der Waals surface area contributed by atoms with E-state index in [0.29, 0.717) is 18.0 Å². The van der Waals surface area contributed by atoms with Gasteiger partial charge in [0.15, 0.2) is 0 Å². The third-order valence-electron chi connectivity index (χ3n) is 1.90. The molecule has 0 aromatic heterocycles. The molecular formula is C8H20N2. The normalized spacial score (nSPS) is 17.4. The molecule has 62 valence electrons. The maximum Gasteiger partial charge on any atom is 0.0164 e. The Morgan fingerprint density at radius 3 is 2.00 bits per heavy atom. The Kier molecular flexibility index (Phi) is 4.65. The molecule has 0 fully saturated rings. The molecule has 0 bridgehead atoms. The number of rotatable bonds is 4. The van der Waals surface area contributed by atoms with Crippen LogP contribution in [0.2, 0.25) is 0 Å². The Labute approximate surface area is 64.2 Å². The van der Waals surface area contributed by atoms with E-state index in [9.17, 15) is 0 Å². The molecule has 0 aliphatic carbocycles. The summed E-state index contributed by atoms with van der Waals surface area (Å²) in [7, 11) is 0. The zero-order chi connectivity index (χ0) is 8.15. The first-order valence-corrected chi connectivity index (χ1v) is 4.04. The van der Waals surface area contributed by atoms with Gasteiger partial charge in [-0.3, -0.25) is 0 Å². The van der Waals surface area contributed by atoms with Crippen molar-refractivity contribution in [1.82, 2.24) is 5.32 Å². The molecule has 0 rings (SSSR count). The van der Waals surface area contributed by atoms with Crippen LogP contribution >= 0.6 is 0 Å². The summed E-state index contributed by atoms with van der Waals surface area (Å²) in [6, 6.07) is 1.01. The lowest BCUT2D eigenvalue weighted by Gasteiger charge is -2.21. The summed E-state index contributed by atoms with van der Waals surface area (Å²) in [6.45, 7) is 9.44. The number of nitrogens with one attached hydrogen (secondary N) is 1. The fourth-order valence-corrected chi connectivity index (χ4v) is 0.709. The molecule has 0 radical (unpaired) electrons. The lowest BCUT2D eigenvalue weighted by molar-refractivity contribution is 0.387. The van der Waals surface area contributed by atoms with Crippen LogP contribution in [0.4, 0.5) is 0 Å². The maximum atomic E-state index is 5.46. The van der Waals surface area contributed by atoms with Crippen molar-refractivity contribution in [1.29, 1.82) is 0 Å². The van der Waals surface area contributed by atoms with Crippen LogP contribution in [0.15, 0.2) is 0 Å². The largest absolute Gasteiger partial charge is 0.329 e. The van der Waals surface area contributed by atoms with Gasteiger partial charge in [-0.25, -0.2) is 0 Å². The average Bonchev–Trinajstić information content (AvgIpc) is 1.87. The zero-order valence-electron chi connectivity index (χ0n) is 7.52. The quantitative estimate of drug-likeness (QED) is 0.617. The van der Waals surface area contributed by atoms with E-state index in [4.69, 9.17) is 5.73 Å². The van der Waals surface area contributed by atoms with Crippen molar-refractivity contribution in [3.05, 3.63) is 0 Å². The smallest absolute Gasteiger partial charge is 0.0164 e. The van der Waals surface area contributed by atoms with E-state index in [1.165, 1.54) is 0 Å². The number of hydrogen-bond donors (Lipinski definition) is 2. The van der Waals surface area contributed by atoms with E-state index in [1.54, 1.807) is 0 Å². The molecule has 10 heavy (non-hydrogen) atoms. The molecule has 2 heteroatoms. The summed E-state index contributed by atoms with van der Waals surface area (Å²) >= 11 is 0. The molecule has 2 nitrogen and oxygen atoms in total.